The molecule has 1 amide bonds. The maximum Gasteiger partial charge on any atom is 0.266 e. The molecule has 0 aromatic heterocycles. The molecular formula is C28H19Cl2NO3S. The van der Waals surface area contributed by atoms with Gasteiger partial charge in [-0.1, -0.05) is 77.4 Å². The number of halogens is 2. The number of aromatic hydroxyl groups is 1. The van der Waals surface area contributed by atoms with Crippen LogP contribution in [0.3, 0.4) is 0 Å². The van der Waals surface area contributed by atoms with Gasteiger partial charge in [-0.05, 0) is 71.8 Å². The van der Waals surface area contributed by atoms with Crippen molar-refractivity contribution in [3.05, 3.63) is 123 Å². The van der Waals surface area contributed by atoms with Crippen LogP contribution in [0.5, 0.6) is 17.2 Å². The lowest BCUT2D eigenvalue weighted by Crippen LogP contribution is -2.27. The van der Waals surface area contributed by atoms with Gasteiger partial charge in [0.2, 0.25) is 0 Å². The fraction of sp³-hybridized carbons (Fsp3) is 0.0357. The Kier molecular flexibility index (Phi) is 6.73. The van der Waals surface area contributed by atoms with Crippen LogP contribution in [-0.2, 0) is 4.79 Å². The number of thioether (sulfide) groups is 1. The molecular weight excluding hydrogens is 501 g/mol. The molecule has 1 heterocycles. The van der Waals surface area contributed by atoms with E-state index in [1.807, 2.05) is 54.6 Å². The van der Waals surface area contributed by atoms with Gasteiger partial charge >= 0.3 is 0 Å². The number of hydrogen-bond acceptors (Lipinski definition) is 4. The Labute approximate surface area is 217 Å². The summed E-state index contributed by atoms with van der Waals surface area (Å²) in [6.07, 6.45) is 1.89. The summed E-state index contributed by atoms with van der Waals surface area (Å²) in [5, 5.41) is 10.4. The smallest absolute Gasteiger partial charge is 0.266 e. The molecule has 1 saturated heterocycles. The summed E-state index contributed by atoms with van der Waals surface area (Å²) in [5.74, 6) is 1.12. The third-order valence-electron chi connectivity index (χ3n) is 5.41. The average Bonchev–Trinajstić information content (AvgIpc) is 3.18. The average molecular weight is 520 g/mol. The Balaban J connectivity index is 1.50. The van der Waals surface area contributed by atoms with Gasteiger partial charge in [-0.15, -0.1) is 0 Å². The molecule has 35 heavy (non-hydrogen) atoms. The van der Waals surface area contributed by atoms with Crippen LogP contribution in [0.2, 0.25) is 10.0 Å². The van der Waals surface area contributed by atoms with Crippen LogP contribution in [0.1, 0.15) is 16.5 Å². The van der Waals surface area contributed by atoms with Crippen molar-refractivity contribution in [3.63, 3.8) is 0 Å². The molecule has 0 bridgehead atoms. The normalized spacial score (nSPS) is 16.6. The summed E-state index contributed by atoms with van der Waals surface area (Å²) < 4.78 is 5.89. The number of nitrogens with zero attached hydrogens (tertiary/aromatic N) is 1. The van der Waals surface area contributed by atoms with Gasteiger partial charge in [-0.3, -0.25) is 9.69 Å². The number of carbonyl (C=O) groups excluding carboxylic acids is 1. The Hall–Kier alpha value is -3.38. The summed E-state index contributed by atoms with van der Waals surface area (Å²) in [5.41, 5.74) is 2.47. The van der Waals surface area contributed by atoms with Gasteiger partial charge in [-0.25, -0.2) is 0 Å². The Morgan fingerprint density at radius 2 is 1.60 bits per heavy atom. The number of phenols is 1. The minimum atomic E-state index is -0.322. The van der Waals surface area contributed by atoms with Crippen molar-refractivity contribution >= 4 is 52.6 Å². The van der Waals surface area contributed by atoms with Crippen LogP contribution in [0.25, 0.3) is 6.08 Å². The van der Waals surface area contributed by atoms with Gasteiger partial charge in [0.15, 0.2) is 0 Å². The number of hydrogen-bond donors (Lipinski definition) is 1. The lowest BCUT2D eigenvalue weighted by molar-refractivity contribution is -0.114. The van der Waals surface area contributed by atoms with Crippen molar-refractivity contribution in [2.24, 2.45) is 0 Å². The largest absolute Gasteiger partial charge is 0.508 e. The fourth-order valence-corrected chi connectivity index (χ4v) is 5.30. The van der Waals surface area contributed by atoms with E-state index >= 15 is 0 Å². The Bertz CT molecular complexity index is 1390. The third-order valence-corrected chi connectivity index (χ3v) is 7.21. The fourth-order valence-electron chi connectivity index (χ4n) is 3.71. The van der Waals surface area contributed by atoms with Crippen molar-refractivity contribution in [2.45, 2.75) is 5.37 Å². The molecule has 5 rings (SSSR count). The van der Waals surface area contributed by atoms with E-state index in [2.05, 4.69) is 0 Å². The predicted octanol–water partition coefficient (Wildman–Crippen LogP) is 8.31. The van der Waals surface area contributed by atoms with Crippen molar-refractivity contribution in [3.8, 4) is 17.2 Å². The highest BCUT2D eigenvalue weighted by Gasteiger charge is 2.38. The number of amides is 1. The molecule has 4 aromatic rings. The first-order valence-corrected chi connectivity index (χ1v) is 12.4. The van der Waals surface area contributed by atoms with Crippen molar-refractivity contribution in [1.82, 2.24) is 0 Å². The number of anilines is 1. The second kappa shape index (κ2) is 10.1. The summed E-state index contributed by atoms with van der Waals surface area (Å²) in [7, 11) is 0. The summed E-state index contributed by atoms with van der Waals surface area (Å²) in [6, 6.07) is 28.9. The first-order valence-electron chi connectivity index (χ1n) is 10.8. The number of ether oxygens (including phenoxy) is 1. The van der Waals surface area contributed by atoms with Crippen LogP contribution >= 0.6 is 35.0 Å². The second-order valence-corrected chi connectivity index (χ2v) is 9.79. The summed E-state index contributed by atoms with van der Waals surface area (Å²) >= 11 is 14.0. The molecule has 0 spiro atoms. The Morgan fingerprint density at radius 3 is 2.29 bits per heavy atom. The minimum Gasteiger partial charge on any atom is -0.508 e. The molecule has 4 aromatic carbocycles. The standard InChI is InChI=1S/C28H19Cl2NO3S/c29-20-8-13-23(14-9-20)34-25-15-10-21(17-24(25)30)31-27(33)26(16-18-4-2-1-3-5-18)35-28(31)19-6-11-22(32)12-7-19/h1-17,28,32H. The molecule has 1 atom stereocenters. The summed E-state index contributed by atoms with van der Waals surface area (Å²) in [4.78, 5) is 15.9. The van der Waals surface area contributed by atoms with Gasteiger partial charge in [0.25, 0.3) is 5.91 Å². The second-order valence-electron chi connectivity index (χ2n) is 7.83. The van der Waals surface area contributed by atoms with Crippen LogP contribution in [0.4, 0.5) is 5.69 Å². The predicted molar refractivity (Wildman–Crippen MR) is 143 cm³/mol. The zero-order valence-electron chi connectivity index (χ0n) is 18.3. The molecule has 0 saturated carbocycles. The van der Waals surface area contributed by atoms with E-state index in [9.17, 15) is 9.90 Å². The van der Waals surface area contributed by atoms with E-state index in [0.717, 1.165) is 11.1 Å². The maximum atomic E-state index is 13.6. The highest BCUT2D eigenvalue weighted by molar-refractivity contribution is 8.05. The lowest BCUT2D eigenvalue weighted by atomic mass is 10.1. The molecule has 4 nitrogen and oxygen atoms in total. The Morgan fingerprint density at radius 1 is 0.886 bits per heavy atom. The van der Waals surface area contributed by atoms with Crippen molar-refractivity contribution in [1.29, 1.82) is 0 Å². The van der Waals surface area contributed by atoms with E-state index in [4.69, 9.17) is 27.9 Å². The molecule has 0 aliphatic carbocycles. The van der Waals surface area contributed by atoms with E-state index in [0.29, 0.717) is 32.1 Å². The minimum absolute atomic E-state index is 0.126. The van der Waals surface area contributed by atoms with Crippen LogP contribution in [0.15, 0.2) is 102 Å². The van der Waals surface area contributed by atoms with E-state index in [1.54, 1.807) is 53.4 Å². The van der Waals surface area contributed by atoms with Gasteiger partial charge < -0.3 is 9.84 Å². The summed E-state index contributed by atoms with van der Waals surface area (Å²) in [6.45, 7) is 0. The van der Waals surface area contributed by atoms with Gasteiger partial charge in [0.05, 0.1) is 9.93 Å². The first-order chi connectivity index (χ1) is 17.0. The van der Waals surface area contributed by atoms with Gasteiger partial charge in [0.1, 0.15) is 22.6 Å². The lowest BCUT2D eigenvalue weighted by Gasteiger charge is -2.24. The zero-order chi connectivity index (χ0) is 24.4. The highest BCUT2D eigenvalue weighted by Crippen LogP contribution is 2.49. The van der Waals surface area contributed by atoms with Crippen molar-refractivity contribution in [2.75, 3.05) is 4.90 Å². The number of phenolic OH excluding ortho intramolecular Hbond substituents is 1. The topological polar surface area (TPSA) is 49.8 Å². The highest BCUT2D eigenvalue weighted by atomic mass is 35.5. The third kappa shape index (κ3) is 5.17. The number of carbonyl (C=O) groups is 1. The van der Waals surface area contributed by atoms with Crippen molar-refractivity contribution < 1.29 is 14.6 Å². The maximum absolute atomic E-state index is 13.6. The molecule has 0 radical (unpaired) electrons. The first kappa shape index (κ1) is 23.4. The van der Waals surface area contributed by atoms with Crippen LogP contribution in [0, 0.1) is 0 Å². The monoisotopic (exact) mass is 519 g/mol. The molecule has 1 N–H and O–H groups in total. The number of benzene rings is 4. The van der Waals surface area contributed by atoms with Gasteiger partial charge in [-0.2, -0.15) is 0 Å². The number of rotatable bonds is 5. The SMILES string of the molecule is O=C1C(=Cc2ccccc2)SC(c2ccc(O)cc2)N1c1ccc(Oc2ccc(Cl)cc2)c(Cl)c1. The zero-order valence-corrected chi connectivity index (χ0v) is 20.6. The van der Waals surface area contributed by atoms with Crippen LogP contribution in [-0.4, -0.2) is 11.0 Å². The molecule has 1 aliphatic rings. The molecule has 174 valence electrons. The van der Waals surface area contributed by atoms with E-state index < -0.39 is 0 Å². The van der Waals surface area contributed by atoms with E-state index in [-0.39, 0.29) is 17.0 Å². The van der Waals surface area contributed by atoms with Crippen LogP contribution < -0.4 is 9.64 Å². The molecule has 1 unspecified atom stereocenters. The van der Waals surface area contributed by atoms with E-state index in [1.165, 1.54) is 11.8 Å². The van der Waals surface area contributed by atoms with Gasteiger partial charge in [0, 0.05) is 10.7 Å². The quantitative estimate of drug-likeness (QED) is 0.269. The molecule has 1 aliphatic heterocycles. The molecule has 7 heteroatoms. The molecule has 1 fully saturated rings.